The lowest BCUT2D eigenvalue weighted by atomic mass is 9.83. The van der Waals surface area contributed by atoms with Gasteiger partial charge in [0.1, 0.15) is 31.4 Å². The van der Waals surface area contributed by atoms with Gasteiger partial charge in [-0.15, -0.1) is 0 Å². The Kier molecular flexibility index (Phi) is 6.97. The van der Waals surface area contributed by atoms with Crippen LogP contribution in [0, 0.1) is 5.92 Å². The van der Waals surface area contributed by atoms with E-state index in [1.807, 2.05) is 54.4 Å². The minimum absolute atomic E-state index is 0.349. The van der Waals surface area contributed by atoms with Crippen molar-refractivity contribution in [3.8, 4) is 11.5 Å². The summed E-state index contributed by atoms with van der Waals surface area (Å²) in [6.45, 7) is 1.32. The summed E-state index contributed by atoms with van der Waals surface area (Å²) >= 11 is 0. The van der Waals surface area contributed by atoms with E-state index in [0.717, 1.165) is 23.5 Å². The molecule has 0 radical (unpaired) electrons. The Balaban J connectivity index is 1.37. The maximum Gasteiger partial charge on any atom is 0.198 e. The Labute approximate surface area is 185 Å². The van der Waals surface area contributed by atoms with E-state index in [9.17, 15) is 0 Å². The van der Waals surface area contributed by atoms with E-state index in [1.165, 1.54) is 32.1 Å². The molecule has 1 fully saturated rings. The smallest absolute Gasteiger partial charge is 0.198 e. The van der Waals surface area contributed by atoms with E-state index >= 15 is 0 Å². The van der Waals surface area contributed by atoms with Gasteiger partial charge in [-0.2, -0.15) is 0 Å². The highest BCUT2D eigenvalue weighted by Gasteiger charge is 2.39. The van der Waals surface area contributed by atoms with Crippen molar-refractivity contribution in [2.45, 2.75) is 50.9 Å². The number of aliphatic imine (C=N–C) groups is 1. The van der Waals surface area contributed by atoms with Crippen molar-refractivity contribution < 1.29 is 14.2 Å². The Morgan fingerprint density at radius 2 is 1.68 bits per heavy atom. The second-order valence-electron chi connectivity index (χ2n) is 8.63. The van der Waals surface area contributed by atoms with Crippen LogP contribution in [0.2, 0.25) is 0 Å². The minimum Gasteiger partial charge on any atom is -0.489 e. The largest absolute Gasteiger partial charge is 0.489 e. The molecule has 1 atom stereocenters. The van der Waals surface area contributed by atoms with Crippen molar-refractivity contribution in [1.29, 1.82) is 0 Å². The fraction of sp³-hybridized carbons (Fsp3) is 0.480. The fourth-order valence-corrected chi connectivity index (χ4v) is 4.26. The molecular weight excluding hydrogens is 390 g/mol. The average molecular weight is 424 g/mol. The van der Waals surface area contributed by atoms with Gasteiger partial charge in [0.15, 0.2) is 11.7 Å². The van der Waals surface area contributed by atoms with Crippen LogP contribution in [-0.2, 0) is 11.3 Å². The molecule has 31 heavy (non-hydrogen) atoms. The summed E-state index contributed by atoms with van der Waals surface area (Å²) in [7, 11) is 1.89. The van der Waals surface area contributed by atoms with E-state index in [0.29, 0.717) is 31.8 Å². The first-order valence-corrected chi connectivity index (χ1v) is 11.2. The van der Waals surface area contributed by atoms with E-state index in [4.69, 9.17) is 24.9 Å². The number of rotatable bonds is 8. The molecular formula is C25H33N3O3. The zero-order valence-corrected chi connectivity index (χ0v) is 18.3. The summed E-state index contributed by atoms with van der Waals surface area (Å²) < 4.78 is 18.2. The van der Waals surface area contributed by atoms with Crippen molar-refractivity contribution in [1.82, 2.24) is 4.90 Å². The summed E-state index contributed by atoms with van der Waals surface area (Å²) in [5.74, 6) is 2.69. The van der Waals surface area contributed by atoms with Crippen LogP contribution in [0.25, 0.3) is 0 Å². The quantitative estimate of drug-likeness (QED) is 0.675. The molecule has 0 amide bonds. The molecule has 0 aromatic heterocycles. The third kappa shape index (κ3) is 5.91. The molecule has 1 aliphatic carbocycles. The Bertz CT molecular complexity index is 850. The zero-order chi connectivity index (χ0) is 21.5. The van der Waals surface area contributed by atoms with Gasteiger partial charge in [0.2, 0.25) is 0 Å². The van der Waals surface area contributed by atoms with Gasteiger partial charge >= 0.3 is 0 Å². The number of hydrogen-bond donors (Lipinski definition) is 1. The maximum absolute atomic E-state index is 6.19. The second kappa shape index (κ2) is 10.1. The van der Waals surface area contributed by atoms with Crippen molar-refractivity contribution in [2.24, 2.45) is 16.6 Å². The van der Waals surface area contributed by atoms with Crippen LogP contribution >= 0.6 is 0 Å². The summed E-state index contributed by atoms with van der Waals surface area (Å²) in [5.41, 5.74) is 6.57. The molecule has 2 aliphatic rings. The summed E-state index contributed by atoms with van der Waals surface area (Å²) in [4.78, 5) is 6.55. The molecule has 1 unspecified atom stereocenters. The van der Waals surface area contributed by atoms with Gasteiger partial charge in [0, 0.05) is 13.5 Å². The topological polar surface area (TPSA) is 69.3 Å². The van der Waals surface area contributed by atoms with Gasteiger partial charge in [-0.25, -0.2) is 4.99 Å². The third-order valence-electron chi connectivity index (χ3n) is 6.11. The molecule has 2 N–H and O–H groups in total. The average Bonchev–Trinajstić information content (AvgIpc) is 2.81. The van der Waals surface area contributed by atoms with E-state index in [1.54, 1.807) is 0 Å². The lowest BCUT2D eigenvalue weighted by molar-refractivity contribution is -0.118. The molecule has 1 aliphatic heterocycles. The highest BCUT2D eigenvalue weighted by molar-refractivity contribution is 5.78. The Morgan fingerprint density at radius 3 is 2.35 bits per heavy atom. The second-order valence-corrected chi connectivity index (χ2v) is 8.63. The van der Waals surface area contributed by atoms with Gasteiger partial charge in [-0.05, 0) is 35.7 Å². The molecule has 0 saturated heterocycles. The number of guanidine groups is 1. The summed E-state index contributed by atoms with van der Waals surface area (Å²) in [6.07, 6.45) is 7.19. The third-order valence-corrected chi connectivity index (χ3v) is 6.11. The molecule has 2 aromatic rings. The van der Waals surface area contributed by atoms with Crippen molar-refractivity contribution in [3.05, 3.63) is 60.2 Å². The molecule has 0 bridgehead atoms. The molecule has 6 heteroatoms. The molecule has 4 rings (SSSR count). The summed E-state index contributed by atoms with van der Waals surface area (Å²) in [5, 5.41) is 0. The highest BCUT2D eigenvalue weighted by atomic mass is 16.6. The van der Waals surface area contributed by atoms with E-state index in [2.05, 4.69) is 12.1 Å². The SMILES string of the molecule is CN1COC(COc2ccc(OCc3ccccc3)cc2)(CC2CCCCC2)N=C1N. The maximum atomic E-state index is 6.19. The van der Waals surface area contributed by atoms with Gasteiger partial charge in [-0.1, -0.05) is 62.4 Å². The first kappa shape index (κ1) is 21.5. The molecule has 0 spiro atoms. The van der Waals surface area contributed by atoms with Crippen molar-refractivity contribution in [3.63, 3.8) is 0 Å². The van der Waals surface area contributed by atoms with Gasteiger partial charge < -0.3 is 24.8 Å². The van der Waals surface area contributed by atoms with E-state index < -0.39 is 5.72 Å². The van der Waals surface area contributed by atoms with Gasteiger partial charge in [-0.3, -0.25) is 0 Å². The highest BCUT2D eigenvalue weighted by Crippen LogP contribution is 2.35. The molecule has 1 saturated carbocycles. The molecule has 6 nitrogen and oxygen atoms in total. The number of hydrogen-bond acceptors (Lipinski definition) is 6. The predicted molar refractivity (Wildman–Crippen MR) is 122 cm³/mol. The van der Waals surface area contributed by atoms with Crippen LogP contribution < -0.4 is 15.2 Å². The van der Waals surface area contributed by atoms with Gasteiger partial charge in [0.05, 0.1) is 0 Å². The van der Waals surface area contributed by atoms with Crippen LogP contribution in [0.1, 0.15) is 44.1 Å². The van der Waals surface area contributed by atoms with Crippen LogP contribution in [0.4, 0.5) is 0 Å². The molecule has 166 valence electrons. The molecule has 1 heterocycles. The van der Waals surface area contributed by atoms with Crippen LogP contribution in [0.15, 0.2) is 59.6 Å². The van der Waals surface area contributed by atoms with Crippen LogP contribution in [0.3, 0.4) is 0 Å². The number of nitrogens with two attached hydrogens (primary N) is 1. The lowest BCUT2D eigenvalue weighted by Crippen LogP contribution is -2.51. The summed E-state index contributed by atoms with van der Waals surface area (Å²) in [6, 6.07) is 17.8. The van der Waals surface area contributed by atoms with Crippen molar-refractivity contribution >= 4 is 5.96 Å². The predicted octanol–water partition coefficient (Wildman–Crippen LogP) is 4.55. The van der Waals surface area contributed by atoms with Gasteiger partial charge in [0.25, 0.3) is 0 Å². The van der Waals surface area contributed by atoms with Crippen LogP contribution in [0.5, 0.6) is 11.5 Å². The first-order chi connectivity index (χ1) is 15.1. The Morgan fingerprint density at radius 1 is 1.00 bits per heavy atom. The number of ether oxygens (including phenoxy) is 3. The number of nitrogens with zero attached hydrogens (tertiary/aromatic N) is 2. The van der Waals surface area contributed by atoms with E-state index in [-0.39, 0.29) is 0 Å². The zero-order valence-electron chi connectivity index (χ0n) is 18.3. The normalized spacial score (nSPS) is 22.1. The van der Waals surface area contributed by atoms with Crippen molar-refractivity contribution in [2.75, 3.05) is 20.4 Å². The van der Waals surface area contributed by atoms with Crippen LogP contribution in [-0.4, -0.2) is 37.0 Å². The fourth-order valence-electron chi connectivity index (χ4n) is 4.26. The Hall–Kier alpha value is -2.73. The monoisotopic (exact) mass is 423 g/mol. The molecule has 2 aromatic carbocycles. The number of benzene rings is 2. The first-order valence-electron chi connectivity index (χ1n) is 11.2. The lowest BCUT2D eigenvalue weighted by Gasteiger charge is -2.39. The minimum atomic E-state index is -0.721. The standard InChI is InChI=1S/C25H33N3O3/c1-28-19-31-25(27-24(28)26,16-20-8-4-2-5-9-20)18-30-23-14-12-22(13-15-23)29-17-21-10-6-3-7-11-21/h3,6-7,10-15,20H,2,4-5,8-9,16-19H2,1H3,(H2,26,27).